The third-order valence-corrected chi connectivity index (χ3v) is 4.93. The molecule has 0 unspecified atom stereocenters. The van der Waals surface area contributed by atoms with Crippen molar-refractivity contribution < 1.29 is 8.42 Å². The number of hydrogen-bond acceptors (Lipinski definition) is 3. The molecule has 1 aromatic carbocycles. The van der Waals surface area contributed by atoms with E-state index in [1.807, 2.05) is 0 Å². The highest BCUT2D eigenvalue weighted by atomic mass is 32.2. The van der Waals surface area contributed by atoms with E-state index in [0.29, 0.717) is 11.4 Å². The van der Waals surface area contributed by atoms with Crippen LogP contribution in [-0.4, -0.2) is 14.5 Å². The van der Waals surface area contributed by atoms with Gasteiger partial charge in [0, 0.05) is 12.6 Å². The van der Waals surface area contributed by atoms with Gasteiger partial charge in [-0.3, -0.25) is 0 Å². The van der Waals surface area contributed by atoms with Crippen molar-refractivity contribution in [1.82, 2.24) is 4.72 Å². The summed E-state index contributed by atoms with van der Waals surface area (Å²) in [5.41, 5.74) is 6.43. The Morgan fingerprint density at radius 2 is 1.72 bits per heavy atom. The van der Waals surface area contributed by atoms with E-state index in [0.717, 1.165) is 31.2 Å². The second-order valence-corrected chi connectivity index (χ2v) is 6.52. The minimum atomic E-state index is -3.38. The molecular weight excluding hydrogens is 248 g/mol. The van der Waals surface area contributed by atoms with Crippen LogP contribution in [0.4, 0.5) is 0 Å². The molecule has 0 spiro atoms. The van der Waals surface area contributed by atoms with Gasteiger partial charge in [-0.25, -0.2) is 13.1 Å². The average molecular weight is 268 g/mol. The lowest BCUT2D eigenvalue weighted by Crippen LogP contribution is -2.36. The van der Waals surface area contributed by atoms with E-state index in [1.54, 1.807) is 24.3 Å². The van der Waals surface area contributed by atoms with Gasteiger partial charge in [-0.2, -0.15) is 0 Å². The molecule has 1 saturated carbocycles. The van der Waals surface area contributed by atoms with Gasteiger partial charge in [0.2, 0.25) is 10.0 Å². The van der Waals surface area contributed by atoms with Gasteiger partial charge < -0.3 is 5.73 Å². The van der Waals surface area contributed by atoms with E-state index in [-0.39, 0.29) is 6.04 Å². The summed E-state index contributed by atoms with van der Waals surface area (Å²) >= 11 is 0. The van der Waals surface area contributed by atoms with Crippen LogP contribution in [0.2, 0.25) is 0 Å². The Morgan fingerprint density at radius 3 is 2.28 bits per heavy atom. The monoisotopic (exact) mass is 268 g/mol. The van der Waals surface area contributed by atoms with Gasteiger partial charge in [0.25, 0.3) is 0 Å². The van der Waals surface area contributed by atoms with Crippen LogP contribution < -0.4 is 10.5 Å². The van der Waals surface area contributed by atoms with Crippen molar-refractivity contribution in [2.45, 2.75) is 49.6 Å². The smallest absolute Gasteiger partial charge is 0.240 e. The van der Waals surface area contributed by atoms with Crippen LogP contribution in [0.1, 0.15) is 37.7 Å². The molecule has 3 N–H and O–H groups in total. The highest BCUT2D eigenvalue weighted by Crippen LogP contribution is 2.20. The number of nitrogens with one attached hydrogen (secondary N) is 1. The largest absolute Gasteiger partial charge is 0.326 e. The molecule has 0 aliphatic heterocycles. The SMILES string of the molecule is NCc1ccc(S(=O)(=O)NC2CCCCC2)cc1. The van der Waals surface area contributed by atoms with Gasteiger partial charge in [0.05, 0.1) is 4.90 Å². The summed E-state index contributed by atoms with van der Waals surface area (Å²) in [4.78, 5) is 0.324. The van der Waals surface area contributed by atoms with E-state index >= 15 is 0 Å². The molecule has 18 heavy (non-hydrogen) atoms. The fraction of sp³-hybridized carbons (Fsp3) is 0.538. The van der Waals surface area contributed by atoms with Crippen molar-refractivity contribution in [1.29, 1.82) is 0 Å². The second kappa shape index (κ2) is 5.82. The Kier molecular flexibility index (Phi) is 4.37. The van der Waals surface area contributed by atoms with Gasteiger partial charge in [-0.1, -0.05) is 31.4 Å². The molecule has 1 aliphatic carbocycles. The van der Waals surface area contributed by atoms with Crippen molar-refractivity contribution in [3.63, 3.8) is 0 Å². The summed E-state index contributed by atoms with van der Waals surface area (Å²) < 4.78 is 27.1. The normalized spacial score (nSPS) is 17.8. The maximum absolute atomic E-state index is 12.2. The first-order valence-corrected chi connectivity index (χ1v) is 7.91. The Hall–Kier alpha value is -0.910. The van der Waals surface area contributed by atoms with E-state index in [2.05, 4.69) is 4.72 Å². The van der Waals surface area contributed by atoms with Crippen LogP contribution in [0.25, 0.3) is 0 Å². The Labute approximate surface area is 109 Å². The van der Waals surface area contributed by atoms with E-state index in [1.165, 1.54) is 6.42 Å². The molecule has 2 rings (SSSR count). The van der Waals surface area contributed by atoms with Crippen LogP contribution in [0.5, 0.6) is 0 Å². The molecule has 1 aromatic rings. The van der Waals surface area contributed by atoms with Crippen LogP contribution in [0.15, 0.2) is 29.2 Å². The maximum atomic E-state index is 12.2. The summed E-state index contributed by atoms with van der Waals surface area (Å²) in [7, 11) is -3.38. The van der Waals surface area contributed by atoms with Crippen molar-refractivity contribution >= 4 is 10.0 Å². The Bertz CT molecular complexity index is 476. The lowest BCUT2D eigenvalue weighted by molar-refractivity contribution is 0.412. The molecule has 0 amide bonds. The molecule has 0 heterocycles. The second-order valence-electron chi connectivity index (χ2n) is 4.80. The van der Waals surface area contributed by atoms with Gasteiger partial charge in [0.1, 0.15) is 0 Å². The summed E-state index contributed by atoms with van der Waals surface area (Å²) in [6, 6.07) is 6.85. The van der Waals surface area contributed by atoms with Crippen LogP contribution in [0, 0.1) is 0 Å². The van der Waals surface area contributed by atoms with E-state index in [9.17, 15) is 8.42 Å². The molecule has 5 heteroatoms. The number of rotatable bonds is 4. The van der Waals surface area contributed by atoms with Crippen molar-refractivity contribution in [2.24, 2.45) is 5.73 Å². The third-order valence-electron chi connectivity index (χ3n) is 3.40. The molecule has 0 radical (unpaired) electrons. The molecule has 0 atom stereocenters. The quantitative estimate of drug-likeness (QED) is 0.874. The Morgan fingerprint density at radius 1 is 1.11 bits per heavy atom. The van der Waals surface area contributed by atoms with E-state index < -0.39 is 10.0 Å². The molecule has 0 bridgehead atoms. The zero-order valence-corrected chi connectivity index (χ0v) is 11.2. The zero-order chi connectivity index (χ0) is 13.0. The summed E-state index contributed by atoms with van der Waals surface area (Å²) in [6.07, 6.45) is 5.32. The molecule has 0 saturated heterocycles. The van der Waals surface area contributed by atoms with E-state index in [4.69, 9.17) is 5.73 Å². The van der Waals surface area contributed by atoms with Crippen LogP contribution >= 0.6 is 0 Å². The van der Waals surface area contributed by atoms with Crippen molar-refractivity contribution in [2.75, 3.05) is 0 Å². The van der Waals surface area contributed by atoms with Crippen LogP contribution in [0.3, 0.4) is 0 Å². The standard InChI is InChI=1S/C13H20N2O2S/c14-10-11-6-8-13(9-7-11)18(16,17)15-12-4-2-1-3-5-12/h6-9,12,15H,1-5,10,14H2. The predicted molar refractivity (Wildman–Crippen MR) is 71.5 cm³/mol. The fourth-order valence-electron chi connectivity index (χ4n) is 2.31. The summed E-state index contributed by atoms with van der Waals surface area (Å²) in [5.74, 6) is 0. The molecule has 1 fully saturated rings. The first-order chi connectivity index (χ1) is 8.62. The van der Waals surface area contributed by atoms with Gasteiger partial charge >= 0.3 is 0 Å². The summed E-state index contributed by atoms with van der Waals surface area (Å²) in [5, 5.41) is 0. The molecule has 100 valence electrons. The van der Waals surface area contributed by atoms with Crippen molar-refractivity contribution in [3.8, 4) is 0 Å². The maximum Gasteiger partial charge on any atom is 0.240 e. The number of sulfonamides is 1. The van der Waals surface area contributed by atoms with Gasteiger partial charge in [0.15, 0.2) is 0 Å². The fourth-order valence-corrected chi connectivity index (χ4v) is 3.62. The number of benzene rings is 1. The number of hydrogen-bond donors (Lipinski definition) is 2. The van der Waals surface area contributed by atoms with Gasteiger partial charge in [-0.15, -0.1) is 0 Å². The first kappa shape index (κ1) is 13.5. The summed E-state index contributed by atoms with van der Waals surface area (Å²) in [6.45, 7) is 0.427. The lowest BCUT2D eigenvalue weighted by Gasteiger charge is -2.22. The van der Waals surface area contributed by atoms with Crippen LogP contribution in [-0.2, 0) is 16.6 Å². The molecule has 0 aromatic heterocycles. The highest BCUT2D eigenvalue weighted by molar-refractivity contribution is 7.89. The van der Waals surface area contributed by atoms with Gasteiger partial charge in [-0.05, 0) is 30.5 Å². The lowest BCUT2D eigenvalue weighted by atomic mass is 9.96. The molecule has 4 nitrogen and oxygen atoms in total. The Balaban J connectivity index is 2.08. The topological polar surface area (TPSA) is 72.2 Å². The first-order valence-electron chi connectivity index (χ1n) is 6.43. The zero-order valence-electron chi connectivity index (χ0n) is 10.4. The minimum Gasteiger partial charge on any atom is -0.326 e. The average Bonchev–Trinajstić information content (AvgIpc) is 2.39. The molecule has 1 aliphatic rings. The minimum absolute atomic E-state index is 0.0953. The predicted octanol–water partition coefficient (Wildman–Crippen LogP) is 1.76. The molecular formula is C13H20N2O2S. The van der Waals surface area contributed by atoms with Crippen molar-refractivity contribution in [3.05, 3.63) is 29.8 Å². The third kappa shape index (κ3) is 3.31. The highest BCUT2D eigenvalue weighted by Gasteiger charge is 2.21. The number of nitrogens with two attached hydrogens (primary N) is 1.